The largest absolute Gasteiger partial charge is 0.330 e. The smallest absolute Gasteiger partial charge is 0.0987 e. The third-order valence-corrected chi connectivity index (χ3v) is 5.48. The summed E-state index contributed by atoms with van der Waals surface area (Å²) in [6.07, 6.45) is 5.16. The van der Waals surface area contributed by atoms with Gasteiger partial charge >= 0.3 is 0 Å². The fourth-order valence-corrected chi connectivity index (χ4v) is 4.48. The lowest BCUT2D eigenvalue weighted by Gasteiger charge is -2.39. The van der Waals surface area contributed by atoms with Gasteiger partial charge in [-0.05, 0) is 32.4 Å². The molecule has 120 valence electrons. The van der Waals surface area contributed by atoms with Crippen molar-refractivity contribution in [2.24, 2.45) is 5.73 Å². The zero-order valence-corrected chi connectivity index (χ0v) is 14.9. The Kier molecular flexibility index (Phi) is 5.81. The number of thiazole rings is 1. The number of rotatable bonds is 5. The molecule has 1 aliphatic rings. The molecule has 0 spiro atoms. The molecule has 0 aromatic carbocycles. The van der Waals surface area contributed by atoms with Crippen LogP contribution in [0.1, 0.15) is 70.0 Å². The van der Waals surface area contributed by atoms with Crippen molar-refractivity contribution in [3.63, 3.8) is 0 Å². The minimum atomic E-state index is 0.129. The van der Waals surface area contributed by atoms with Crippen LogP contribution < -0.4 is 5.73 Å². The first-order chi connectivity index (χ1) is 9.97. The van der Waals surface area contributed by atoms with Crippen LogP contribution in [0.2, 0.25) is 0 Å². The van der Waals surface area contributed by atoms with Gasteiger partial charge in [-0.3, -0.25) is 4.90 Å². The average molecular weight is 310 g/mol. The zero-order chi connectivity index (χ0) is 15.5. The first kappa shape index (κ1) is 16.9. The van der Waals surface area contributed by atoms with Gasteiger partial charge in [-0.25, -0.2) is 4.98 Å². The molecule has 1 fully saturated rings. The summed E-state index contributed by atoms with van der Waals surface area (Å²) in [6, 6.07) is 0.586. The van der Waals surface area contributed by atoms with Crippen molar-refractivity contribution in [2.75, 3.05) is 19.6 Å². The van der Waals surface area contributed by atoms with Crippen LogP contribution >= 0.6 is 11.3 Å². The summed E-state index contributed by atoms with van der Waals surface area (Å²) < 4.78 is 0. The Labute approximate surface area is 133 Å². The highest BCUT2D eigenvalue weighted by Crippen LogP contribution is 2.33. The maximum atomic E-state index is 6.15. The molecule has 1 saturated heterocycles. The fourth-order valence-electron chi connectivity index (χ4n) is 3.26. The van der Waals surface area contributed by atoms with Crippen molar-refractivity contribution in [1.82, 2.24) is 9.88 Å². The van der Waals surface area contributed by atoms with Gasteiger partial charge in [0.15, 0.2) is 0 Å². The summed E-state index contributed by atoms with van der Waals surface area (Å²) in [6.45, 7) is 12.1. The van der Waals surface area contributed by atoms with E-state index < -0.39 is 0 Å². The number of likely N-dealkylation sites (tertiary alicyclic amines) is 1. The van der Waals surface area contributed by atoms with Crippen LogP contribution in [0.4, 0.5) is 0 Å². The summed E-state index contributed by atoms with van der Waals surface area (Å²) in [5, 5.41) is 3.47. The summed E-state index contributed by atoms with van der Waals surface area (Å²) >= 11 is 1.81. The van der Waals surface area contributed by atoms with Crippen molar-refractivity contribution in [2.45, 2.75) is 70.8 Å². The molecule has 2 rings (SSSR count). The number of aromatic nitrogens is 1. The number of piperidine rings is 1. The van der Waals surface area contributed by atoms with Gasteiger partial charge in [0, 0.05) is 29.3 Å². The maximum Gasteiger partial charge on any atom is 0.0987 e. The predicted octanol–water partition coefficient (Wildman–Crippen LogP) is 3.75. The Morgan fingerprint density at radius 2 is 2.19 bits per heavy atom. The molecule has 0 amide bonds. The fraction of sp³-hybridized carbons (Fsp3) is 0.824. The Morgan fingerprint density at radius 1 is 1.43 bits per heavy atom. The first-order valence-corrected chi connectivity index (χ1v) is 9.25. The molecular formula is C17H31N3S. The maximum absolute atomic E-state index is 6.15. The second-order valence-corrected chi connectivity index (χ2v) is 8.15. The van der Waals surface area contributed by atoms with E-state index in [9.17, 15) is 0 Å². The third-order valence-electron chi connectivity index (χ3n) is 4.50. The molecule has 1 aliphatic heterocycles. The Bertz CT molecular complexity index is 433. The number of hydrogen-bond donors (Lipinski definition) is 1. The molecule has 4 heteroatoms. The highest BCUT2D eigenvalue weighted by Gasteiger charge is 2.32. The van der Waals surface area contributed by atoms with Crippen LogP contribution in [-0.4, -0.2) is 35.6 Å². The minimum absolute atomic E-state index is 0.129. The van der Waals surface area contributed by atoms with E-state index in [2.05, 4.69) is 38.0 Å². The number of nitrogens with zero attached hydrogens (tertiary/aromatic N) is 2. The molecule has 2 heterocycles. The summed E-state index contributed by atoms with van der Waals surface area (Å²) in [5.41, 5.74) is 7.49. The van der Waals surface area contributed by atoms with Crippen molar-refractivity contribution in [3.8, 4) is 0 Å². The highest BCUT2D eigenvalue weighted by atomic mass is 32.1. The topological polar surface area (TPSA) is 42.1 Å². The van der Waals surface area contributed by atoms with Crippen LogP contribution in [0.25, 0.3) is 0 Å². The SMILES string of the molecule is CCCN1CCCCC1C(CN)c1nc(C(C)(C)C)cs1. The van der Waals surface area contributed by atoms with Gasteiger partial charge in [-0.1, -0.05) is 34.1 Å². The Balaban J connectivity index is 2.19. The second kappa shape index (κ2) is 7.21. The van der Waals surface area contributed by atoms with Gasteiger partial charge in [-0.2, -0.15) is 0 Å². The van der Waals surface area contributed by atoms with E-state index in [1.807, 2.05) is 0 Å². The lowest BCUT2D eigenvalue weighted by atomic mass is 9.89. The van der Waals surface area contributed by atoms with Crippen molar-refractivity contribution in [3.05, 3.63) is 16.1 Å². The van der Waals surface area contributed by atoms with Crippen molar-refractivity contribution < 1.29 is 0 Å². The molecule has 2 unspecified atom stereocenters. The van der Waals surface area contributed by atoms with Crippen LogP contribution in [0.15, 0.2) is 5.38 Å². The van der Waals surface area contributed by atoms with Gasteiger partial charge < -0.3 is 5.73 Å². The third kappa shape index (κ3) is 4.05. The van der Waals surface area contributed by atoms with Crippen LogP contribution in [0.3, 0.4) is 0 Å². The molecule has 0 saturated carbocycles. The van der Waals surface area contributed by atoms with Crippen molar-refractivity contribution in [1.29, 1.82) is 0 Å². The van der Waals surface area contributed by atoms with E-state index in [1.54, 1.807) is 11.3 Å². The van der Waals surface area contributed by atoms with Crippen molar-refractivity contribution >= 4 is 11.3 Å². The van der Waals surface area contributed by atoms with E-state index in [1.165, 1.54) is 49.5 Å². The van der Waals surface area contributed by atoms with Gasteiger partial charge in [0.25, 0.3) is 0 Å². The molecule has 0 radical (unpaired) electrons. The Morgan fingerprint density at radius 3 is 2.76 bits per heavy atom. The molecule has 3 nitrogen and oxygen atoms in total. The Hall–Kier alpha value is -0.450. The minimum Gasteiger partial charge on any atom is -0.330 e. The molecular weight excluding hydrogens is 278 g/mol. The van der Waals surface area contributed by atoms with Gasteiger partial charge in [0.05, 0.1) is 10.7 Å². The van der Waals surface area contributed by atoms with E-state index in [-0.39, 0.29) is 5.41 Å². The number of hydrogen-bond acceptors (Lipinski definition) is 4. The van der Waals surface area contributed by atoms with Gasteiger partial charge in [0.1, 0.15) is 0 Å². The van der Waals surface area contributed by atoms with Gasteiger partial charge in [-0.15, -0.1) is 11.3 Å². The quantitative estimate of drug-likeness (QED) is 0.901. The second-order valence-electron chi connectivity index (χ2n) is 7.26. The zero-order valence-electron chi connectivity index (χ0n) is 14.1. The standard InChI is InChI=1S/C17H31N3S/c1-5-9-20-10-7-6-8-14(20)13(11-18)16-19-15(12-21-16)17(2,3)4/h12-14H,5-11,18H2,1-4H3. The highest BCUT2D eigenvalue weighted by molar-refractivity contribution is 7.09. The van der Waals surface area contributed by atoms with Gasteiger partial charge in [0.2, 0.25) is 0 Å². The van der Waals surface area contributed by atoms with E-state index >= 15 is 0 Å². The summed E-state index contributed by atoms with van der Waals surface area (Å²) in [5.74, 6) is 0.401. The van der Waals surface area contributed by atoms with Crippen LogP contribution in [0.5, 0.6) is 0 Å². The molecule has 2 N–H and O–H groups in total. The normalized spacial score (nSPS) is 22.4. The number of nitrogens with two attached hydrogens (primary N) is 1. The molecule has 21 heavy (non-hydrogen) atoms. The molecule has 1 aromatic rings. The molecule has 1 aromatic heterocycles. The van der Waals surface area contributed by atoms with E-state index in [0.29, 0.717) is 18.5 Å². The van der Waals surface area contributed by atoms with Crippen LogP contribution in [0, 0.1) is 0 Å². The predicted molar refractivity (Wildman–Crippen MR) is 92.1 cm³/mol. The lowest BCUT2D eigenvalue weighted by molar-refractivity contribution is 0.126. The van der Waals surface area contributed by atoms with E-state index in [4.69, 9.17) is 10.7 Å². The lowest BCUT2D eigenvalue weighted by Crippen LogP contribution is -2.45. The first-order valence-electron chi connectivity index (χ1n) is 8.37. The molecule has 2 atom stereocenters. The van der Waals surface area contributed by atoms with Crippen LogP contribution in [-0.2, 0) is 5.41 Å². The molecule has 0 bridgehead atoms. The summed E-state index contributed by atoms with van der Waals surface area (Å²) in [7, 11) is 0. The van der Waals surface area contributed by atoms with E-state index in [0.717, 1.165) is 0 Å². The monoisotopic (exact) mass is 309 g/mol. The summed E-state index contributed by atoms with van der Waals surface area (Å²) in [4.78, 5) is 7.59. The average Bonchev–Trinajstić information content (AvgIpc) is 2.91. The molecule has 0 aliphatic carbocycles.